The van der Waals surface area contributed by atoms with Crippen molar-refractivity contribution in [2.24, 2.45) is 0 Å². The molecule has 1 aromatic rings. The molecular weight excluding hydrogens is 371 g/mol. The number of rotatable bonds is 3. The van der Waals surface area contributed by atoms with Crippen LogP contribution < -0.4 is 0 Å². The number of hydrogen-bond donors (Lipinski definition) is 0. The third kappa shape index (κ3) is 3.12. The second-order valence-corrected chi connectivity index (χ2v) is 7.50. The van der Waals surface area contributed by atoms with Crippen molar-refractivity contribution in [2.75, 3.05) is 11.9 Å². The van der Waals surface area contributed by atoms with Crippen LogP contribution in [0.15, 0.2) is 23.1 Å². The van der Waals surface area contributed by atoms with Crippen molar-refractivity contribution in [3.63, 3.8) is 0 Å². The molecule has 0 spiro atoms. The van der Waals surface area contributed by atoms with Gasteiger partial charge in [0.05, 0.1) is 10.5 Å². The molecule has 0 saturated carbocycles. The lowest BCUT2D eigenvalue weighted by Gasteiger charge is -2.24. The summed E-state index contributed by atoms with van der Waals surface area (Å²) < 4.78 is 65.3. The molecule has 1 aromatic carbocycles. The van der Waals surface area contributed by atoms with Gasteiger partial charge in [-0.2, -0.15) is 17.5 Å². The van der Waals surface area contributed by atoms with Gasteiger partial charge in [0.15, 0.2) is 0 Å². The third-order valence-corrected chi connectivity index (χ3v) is 6.52. The van der Waals surface area contributed by atoms with Crippen LogP contribution in [-0.4, -0.2) is 30.6 Å². The number of hydrogen-bond acceptors (Lipinski definition) is 2. The fourth-order valence-electron chi connectivity index (χ4n) is 2.61. The molecular formula is C13H15BrF3NO2S. The molecule has 1 heterocycles. The monoisotopic (exact) mass is 385 g/mol. The second-order valence-electron chi connectivity index (χ2n) is 4.99. The summed E-state index contributed by atoms with van der Waals surface area (Å²) in [5.74, 6) is 0. The fraction of sp³-hybridized carbons (Fsp3) is 0.538. The highest BCUT2D eigenvalue weighted by Crippen LogP contribution is 2.36. The lowest BCUT2D eigenvalue weighted by molar-refractivity contribution is -0.138. The maximum atomic E-state index is 12.9. The summed E-state index contributed by atoms with van der Waals surface area (Å²) in [6, 6.07) is 3.08. The van der Waals surface area contributed by atoms with E-state index in [-0.39, 0.29) is 16.5 Å². The van der Waals surface area contributed by atoms with Crippen LogP contribution in [0.3, 0.4) is 0 Å². The molecule has 1 unspecified atom stereocenters. The zero-order chi connectivity index (χ0) is 15.8. The van der Waals surface area contributed by atoms with E-state index in [0.29, 0.717) is 24.7 Å². The van der Waals surface area contributed by atoms with E-state index in [9.17, 15) is 21.6 Å². The smallest absolute Gasteiger partial charge is 0.207 e. The minimum Gasteiger partial charge on any atom is -0.207 e. The van der Waals surface area contributed by atoms with Crippen LogP contribution >= 0.6 is 15.9 Å². The maximum Gasteiger partial charge on any atom is 0.416 e. The van der Waals surface area contributed by atoms with Crippen molar-refractivity contribution in [1.29, 1.82) is 0 Å². The normalized spacial score (nSPS) is 20.9. The second kappa shape index (κ2) is 5.89. The largest absolute Gasteiger partial charge is 0.416 e. The highest BCUT2D eigenvalue weighted by atomic mass is 79.9. The average Bonchev–Trinajstić information content (AvgIpc) is 2.86. The molecule has 8 heteroatoms. The van der Waals surface area contributed by atoms with E-state index in [1.807, 2.05) is 0 Å². The summed E-state index contributed by atoms with van der Waals surface area (Å²) in [6.45, 7) is 1.54. The van der Waals surface area contributed by atoms with Crippen molar-refractivity contribution in [2.45, 2.75) is 36.9 Å². The van der Waals surface area contributed by atoms with Gasteiger partial charge in [-0.15, -0.1) is 0 Å². The van der Waals surface area contributed by atoms with Crippen LogP contribution in [0.4, 0.5) is 13.2 Å². The number of halogens is 4. The van der Waals surface area contributed by atoms with Crippen LogP contribution in [-0.2, 0) is 16.2 Å². The molecule has 0 bridgehead atoms. The minimum absolute atomic E-state index is 0.205. The van der Waals surface area contributed by atoms with Gasteiger partial charge in [0.2, 0.25) is 10.0 Å². The Hall–Kier alpha value is -0.600. The molecule has 0 radical (unpaired) electrons. The van der Waals surface area contributed by atoms with Gasteiger partial charge in [-0.05, 0) is 37.5 Å². The number of nitrogens with zero attached hydrogens (tertiary/aromatic N) is 1. The van der Waals surface area contributed by atoms with Crippen molar-refractivity contribution in [1.82, 2.24) is 4.31 Å². The zero-order valence-corrected chi connectivity index (χ0v) is 13.7. The first-order valence-electron chi connectivity index (χ1n) is 6.44. The van der Waals surface area contributed by atoms with E-state index in [4.69, 9.17) is 0 Å². The molecule has 1 fully saturated rings. The zero-order valence-electron chi connectivity index (χ0n) is 11.3. The van der Waals surface area contributed by atoms with E-state index < -0.39 is 21.8 Å². The SMILES string of the molecule is Cc1c(C(F)(F)F)cccc1S(=O)(=O)N1CCCC1CBr. The Labute approximate surface area is 130 Å². The number of sulfonamides is 1. The first-order chi connectivity index (χ1) is 9.69. The Kier molecular flexibility index (Phi) is 4.70. The quantitative estimate of drug-likeness (QED) is 0.745. The third-order valence-electron chi connectivity index (χ3n) is 3.68. The Balaban J connectivity index is 2.51. The van der Waals surface area contributed by atoms with Gasteiger partial charge >= 0.3 is 6.18 Å². The lowest BCUT2D eigenvalue weighted by Crippen LogP contribution is -2.37. The molecule has 118 valence electrons. The molecule has 0 N–H and O–H groups in total. The van der Waals surface area contributed by atoms with E-state index in [0.717, 1.165) is 12.1 Å². The van der Waals surface area contributed by atoms with Gasteiger partial charge in [0.25, 0.3) is 0 Å². The predicted molar refractivity (Wildman–Crippen MR) is 76.9 cm³/mol. The topological polar surface area (TPSA) is 37.4 Å². The van der Waals surface area contributed by atoms with Gasteiger partial charge in [0.1, 0.15) is 0 Å². The van der Waals surface area contributed by atoms with Crippen LogP contribution in [0, 0.1) is 6.92 Å². The molecule has 1 saturated heterocycles. The van der Waals surface area contributed by atoms with Crippen molar-refractivity contribution < 1.29 is 21.6 Å². The summed E-state index contributed by atoms with van der Waals surface area (Å²) in [6.07, 6.45) is -3.13. The summed E-state index contributed by atoms with van der Waals surface area (Å²) >= 11 is 3.26. The van der Waals surface area contributed by atoms with Crippen molar-refractivity contribution >= 4 is 26.0 Å². The minimum atomic E-state index is -4.56. The predicted octanol–water partition coefficient (Wildman–Crippen LogP) is 3.56. The molecule has 0 amide bonds. The van der Waals surface area contributed by atoms with Crippen LogP contribution in [0.25, 0.3) is 0 Å². The Bertz CT molecular complexity index is 631. The molecule has 1 aliphatic rings. The standard InChI is InChI=1S/C13H15BrF3NO2S/c1-9-11(13(15,16)17)5-2-6-12(9)21(19,20)18-7-3-4-10(18)8-14/h2,5-6,10H,3-4,7-8H2,1H3. The van der Waals surface area contributed by atoms with Crippen molar-refractivity contribution in [3.05, 3.63) is 29.3 Å². The highest BCUT2D eigenvalue weighted by Gasteiger charge is 2.38. The molecule has 1 aliphatic heterocycles. The van der Waals surface area contributed by atoms with Crippen LogP contribution in [0.1, 0.15) is 24.0 Å². The van der Waals surface area contributed by atoms with Gasteiger partial charge in [-0.1, -0.05) is 22.0 Å². The van der Waals surface area contributed by atoms with Gasteiger partial charge in [-0.3, -0.25) is 0 Å². The van der Waals surface area contributed by atoms with E-state index >= 15 is 0 Å². The summed E-state index contributed by atoms with van der Waals surface area (Å²) in [5, 5.41) is 0.476. The van der Waals surface area contributed by atoms with E-state index in [1.54, 1.807) is 0 Å². The summed E-state index contributed by atoms with van der Waals surface area (Å²) in [5.41, 5.74) is -1.15. The Morgan fingerprint density at radius 1 is 1.38 bits per heavy atom. The number of alkyl halides is 4. The van der Waals surface area contributed by atoms with Crippen LogP contribution in [0.2, 0.25) is 0 Å². The molecule has 21 heavy (non-hydrogen) atoms. The summed E-state index contributed by atoms with van der Waals surface area (Å²) in [4.78, 5) is -0.259. The molecule has 2 rings (SSSR count). The molecule has 0 aromatic heterocycles. The fourth-order valence-corrected chi connectivity index (χ4v) is 5.41. The first kappa shape index (κ1) is 16.8. The number of benzene rings is 1. The maximum absolute atomic E-state index is 12.9. The van der Waals surface area contributed by atoms with Gasteiger partial charge in [-0.25, -0.2) is 8.42 Å². The van der Waals surface area contributed by atoms with Gasteiger partial charge < -0.3 is 0 Å². The van der Waals surface area contributed by atoms with Crippen molar-refractivity contribution in [3.8, 4) is 0 Å². The van der Waals surface area contributed by atoms with E-state index in [1.165, 1.54) is 17.3 Å². The first-order valence-corrected chi connectivity index (χ1v) is 9.00. The van der Waals surface area contributed by atoms with Gasteiger partial charge in [0, 0.05) is 17.9 Å². The average molecular weight is 386 g/mol. The summed E-state index contributed by atoms with van der Waals surface area (Å²) in [7, 11) is -3.91. The Morgan fingerprint density at radius 2 is 2.05 bits per heavy atom. The molecule has 0 aliphatic carbocycles. The Morgan fingerprint density at radius 3 is 2.62 bits per heavy atom. The van der Waals surface area contributed by atoms with Crippen LogP contribution in [0.5, 0.6) is 0 Å². The van der Waals surface area contributed by atoms with E-state index in [2.05, 4.69) is 15.9 Å². The molecule has 3 nitrogen and oxygen atoms in total. The lowest BCUT2D eigenvalue weighted by atomic mass is 10.1. The highest BCUT2D eigenvalue weighted by molar-refractivity contribution is 9.09. The molecule has 1 atom stereocenters.